The van der Waals surface area contributed by atoms with Crippen LogP contribution in [0, 0.1) is 5.41 Å². The zero-order chi connectivity index (χ0) is 26.1. The van der Waals surface area contributed by atoms with Crippen LogP contribution in [0.1, 0.15) is 29.6 Å². The maximum atomic E-state index is 13.0. The van der Waals surface area contributed by atoms with E-state index in [-0.39, 0.29) is 30.5 Å². The van der Waals surface area contributed by atoms with E-state index in [1.54, 1.807) is 0 Å². The molecule has 1 amide bonds. The van der Waals surface area contributed by atoms with E-state index in [4.69, 9.17) is 0 Å². The molecule has 2 aromatic carbocycles. The smallest absolute Gasteiger partial charge is 0.346 e. The van der Waals surface area contributed by atoms with E-state index in [0.29, 0.717) is 24.3 Å². The molecule has 35 heavy (non-hydrogen) atoms. The van der Waals surface area contributed by atoms with Crippen LogP contribution in [0.4, 0.5) is 32.0 Å². The third-order valence-electron chi connectivity index (χ3n) is 6.18. The highest BCUT2D eigenvalue weighted by Crippen LogP contribution is 2.73. The normalized spacial score (nSPS) is 24.2. The third-order valence-corrected chi connectivity index (χ3v) is 9.06. The molecule has 0 heterocycles. The predicted molar refractivity (Wildman–Crippen MR) is 109 cm³/mol. The Morgan fingerprint density at radius 2 is 1.31 bits per heavy atom. The van der Waals surface area contributed by atoms with Crippen molar-refractivity contribution < 1.29 is 48.0 Å². The molecule has 0 aliphatic heterocycles. The quantitative estimate of drug-likeness (QED) is 0.537. The minimum absolute atomic E-state index is 0.182. The molecule has 7 nitrogen and oxygen atoms in total. The molecule has 2 N–H and O–H groups in total. The van der Waals surface area contributed by atoms with Crippen molar-refractivity contribution in [3.8, 4) is 0 Å². The van der Waals surface area contributed by atoms with Gasteiger partial charge in [-0.2, -0.15) is 26.3 Å². The Morgan fingerprint density at radius 3 is 1.83 bits per heavy atom. The number of para-hydroxylation sites is 1. The lowest BCUT2D eigenvalue weighted by molar-refractivity contribution is -0.336. The van der Waals surface area contributed by atoms with Gasteiger partial charge in [0.2, 0.25) is 0 Å². The number of hydrogen-bond acceptors (Lipinski definition) is 5. The van der Waals surface area contributed by atoms with Crippen molar-refractivity contribution in [2.24, 2.45) is 5.41 Å². The Kier molecular flexibility index (Phi) is 5.49. The van der Waals surface area contributed by atoms with Crippen molar-refractivity contribution in [2.75, 3.05) is 4.72 Å². The molecule has 0 unspecified atom stereocenters. The van der Waals surface area contributed by atoms with Crippen LogP contribution in [0.2, 0.25) is 0 Å². The monoisotopic (exact) mass is 542 g/mol. The van der Waals surface area contributed by atoms with E-state index in [0.717, 1.165) is 0 Å². The first-order valence-electron chi connectivity index (χ1n) is 9.84. The van der Waals surface area contributed by atoms with Crippen molar-refractivity contribution in [1.82, 2.24) is 5.32 Å². The number of carbonyl (C=O) groups excluding carboxylic acids is 1. The second-order valence-electron chi connectivity index (χ2n) is 8.61. The number of alkyl halides is 6. The number of carbonyl (C=O) groups is 1. The molecule has 0 atom stereocenters. The predicted octanol–water partition coefficient (Wildman–Crippen LogP) is 4.00. The van der Waals surface area contributed by atoms with Gasteiger partial charge in [0, 0.05) is 5.54 Å². The molecular formula is C20H16F6N2O5S2. The number of benzene rings is 2. The summed E-state index contributed by atoms with van der Waals surface area (Å²) in [6.07, 6.45) is -5.18. The number of halogens is 6. The standard InChI is InChI=1S/C20H16F6N2O5S2/c21-19(22,23)17-9-18(10-17,11-17)27-16(29)14-3-1-2-4-15(14)28-35(32,33)13-7-5-12(6-8-13)34(30,31)20(24,25)26/h1-8,28H,9-11H2,(H,27,29). The van der Waals surface area contributed by atoms with Crippen molar-refractivity contribution in [2.45, 2.75) is 46.3 Å². The van der Waals surface area contributed by atoms with Gasteiger partial charge in [-0.1, -0.05) is 12.1 Å². The average molecular weight is 542 g/mol. The topological polar surface area (TPSA) is 109 Å². The highest BCUT2D eigenvalue weighted by Gasteiger charge is 2.79. The van der Waals surface area contributed by atoms with Gasteiger partial charge >= 0.3 is 11.7 Å². The van der Waals surface area contributed by atoms with Gasteiger partial charge in [0.15, 0.2) is 0 Å². The molecule has 3 saturated carbocycles. The number of hydrogen-bond donors (Lipinski definition) is 2. The molecule has 0 spiro atoms. The molecule has 15 heteroatoms. The van der Waals surface area contributed by atoms with E-state index in [9.17, 15) is 48.0 Å². The third kappa shape index (κ3) is 4.13. The van der Waals surface area contributed by atoms with E-state index >= 15 is 0 Å². The summed E-state index contributed by atoms with van der Waals surface area (Å²) < 4.78 is 128. The molecule has 2 aromatic rings. The maximum Gasteiger partial charge on any atom is 0.501 e. The van der Waals surface area contributed by atoms with E-state index in [2.05, 4.69) is 10.0 Å². The van der Waals surface area contributed by atoms with Crippen LogP contribution >= 0.6 is 0 Å². The molecule has 0 radical (unpaired) electrons. The minimum Gasteiger partial charge on any atom is -0.346 e. The zero-order valence-corrected chi connectivity index (χ0v) is 19.0. The summed E-state index contributed by atoms with van der Waals surface area (Å²) in [7, 11) is -10.2. The Labute approximate surface area is 195 Å². The number of nitrogens with one attached hydrogen (secondary N) is 2. The van der Waals surface area contributed by atoms with Crippen molar-refractivity contribution >= 4 is 31.5 Å². The van der Waals surface area contributed by atoms with E-state index < -0.39 is 58.2 Å². The highest BCUT2D eigenvalue weighted by atomic mass is 32.2. The molecule has 3 fully saturated rings. The fourth-order valence-electron chi connectivity index (χ4n) is 4.43. The first kappa shape index (κ1) is 25.3. The summed E-state index contributed by atoms with van der Waals surface area (Å²) in [6, 6.07) is 7.52. The fraction of sp³-hybridized carbons (Fsp3) is 0.350. The van der Waals surface area contributed by atoms with Crippen molar-refractivity contribution in [3.63, 3.8) is 0 Å². The van der Waals surface area contributed by atoms with Gasteiger partial charge in [-0.15, -0.1) is 0 Å². The largest absolute Gasteiger partial charge is 0.501 e. The van der Waals surface area contributed by atoms with Gasteiger partial charge < -0.3 is 5.32 Å². The summed E-state index contributed by atoms with van der Waals surface area (Å²) in [4.78, 5) is 11.0. The van der Waals surface area contributed by atoms with E-state index in [1.807, 2.05) is 0 Å². The van der Waals surface area contributed by atoms with Crippen LogP contribution in [-0.4, -0.2) is 40.0 Å². The summed E-state index contributed by atoms with van der Waals surface area (Å²) in [5, 5.41) is 2.53. The van der Waals surface area contributed by atoms with Crippen molar-refractivity contribution in [3.05, 3.63) is 54.1 Å². The molecule has 190 valence electrons. The fourth-order valence-corrected chi connectivity index (χ4v) is 6.28. The first-order valence-corrected chi connectivity index (χ1v) is 12.8. The van der Waals surface area contributed by atoms with Crippen LogP contribution in [0.15, 0.2) is 58.3 Å². The van der Waals surface area contributed by atoms with Crippen LogP contribution in [-0.2, 0) is 19.9 Å². The Hall–Kier alpha value is -2.81. The summed E-state index contributed by atoms with van der Waals surface area (Å²) in [6.45, 7) is 0. The van der Waals surface area contributed by atoms with Crippen LogP contribution in [0.3, 0.4) is 0 Å². The summed E-state index contributed by atoms with van der Waals surface area (Å²) >= 11 is 0. The number of anilines is 1. The van der Waals surface area contributed by atoms with Gasteiger partial charge in [-0.3, -0.25) is 9.52 Å². The summed E-state index contributed by atoms with van der Waals surface area (Å²) in [5.74, 6) is -0.801. The van der Waals surface area contributed by atoms with Gasteiger partial charge in [0.1, 0.15) is 0 Å². The lowest BCUT2D eigenvalue weighted by Crippen LogP contribution is -2.78. The number of sulfone groups is 1. The molecule has 5 rings (SSSR count). The minimum atomic E-state index is -5.68. The number of sulfonamides is 1. The Morgan fingerprint density at radius 1 is 0.800 bits per heavy atom. The number of amides is 1. The summed E-state index contributed by atoms with van der Waals surface area (Å²) in [5.41, 5.74) is -8.80. The second kappa shape index (κ2) is 7.59. The lowest BCUT2D eigenvalue weighted by Gasteiger charge is -2.70. The first-order chi connectivity index (χ1) is 15.9. The second-order valence-corrected chi connectivity index (χ2v) is 12.2. The molecule has 3 aliphatic carbocycles. The van der Waals surface area contributed by atoms with E-state index in [1.165, 1.54) is 24.3 Å². The van der Waals surface area contributed by atoms with Gasteiger partial charge in [-0.05, 0) is 55.7 Å². The molecule has 2 bridgehead atoms. The molecule has 0 saturated heterocycles. The molecule has 0 aromatic heterocycles. The Bertz CT molecular complexity index is 1380. The van der Waals surface area contributed by atoms with Gasteiger partial charge in [-0.25, -0.2) is 16.8 Å². The lowest BCUT2D eigenvalue weighted by atomic mass is 9.39. The Balaban J connectivity index is 1.51. The highest BCUT2D eigenvalue weighted by molar-refractivity contribution is 7.93. The van der Waals surface area contributed by atoms with Crippen LogP contribution in [0.5, 0.6) is 0 Å². The average Bonchev–Trinajstić information content (AvgIpc) is 2.67. The van der Waals surface area contributed by atoms with Crippen LogP contribution in [0.25, 0.3) is 0 Å². The molecular weight excluding hydrogens is 526 g/mol. The van der Waals surface area contributed by atoms with Crippen molar-refractivity contribution in [1.29, 1.82) is 0 Å². The zero-order valence-electron chi connectivity index (χ0n) is 17.4. The van der Waals surface area contributed by atoms with Gasteiger partial charge in [0.25, 0.3) is 25.8 Å². The van der Waals surface area contributed by atoms with Crippen LogP contribution < -0.4 is 10.0 Å². The number of rotatable bonds is 6. The SMILES string of the molecule is O=C(NC12CC(C(F)(F)F)(C1)C2)c1ccccc1NS(=O)(=O)c1ccc(S(=O)(=O)C(F)(F)F)cc1. The molecule has 3 aliphatic rings. The maximum absolute atomic E-state index is 13.0. The van der Waals surface area contributed by atoms with Gasteiger partial charge in [0.05, 0.1) is 26.5 Å².